The van der Waals surface area contributed by atoms with E-state index in [2.05, 4.69) is 0 Å². The average molecular weight is 193 g/mol. The third-order valence-corrected chi connectivity index (χ3v) is 4.97. The van der Waals surface area contributed by atoms with E-state index >= 15 is 0 Å². The second kappa shape index (κ2) is 3.52. The Bertz CT molecular complexity index is 197. The zero-order valence-corrected chi connectivity index (χ0v) is 9.12. The first-order chi connectivity index (χ1) is 6.83. The van der Waals surface area contributed by atoms with Crippen LogP contribution in [0.2, 0.25) is 0 Å². The quantitative estimate of drug-likeness (QED) is 0.732. The Kier molecular flexibility index (Phi) is 2.31. The van der Waals surface area contributed by atoms with Crippen molar-refractivity contribution in [1.29, 1.82) is 0 Å². The Morgan fingerprint density at radius 2 is 1.64 bits per heavy atom. The summed E-state index contributed by atoms with van der Waals surface area (Å²) >= 11 is 0. The fourth-order valence-corrected chi connectivity index (χ4v) is 3.93. The van der Waals surface area contributed by atoms with Crippen LogP contribution in [0.1, 0.15) is 51.4 Å². The molecule has 3 rings (SSSR count). The van der Waals surface area contributed by atoms with Crippen molar-refractivity contribution in [1.82, 2.24) is 0 Å². The predicted octanol–water partition coefficient (Wildman–Crippen LogP) is 2.94. The zero-order valence-electron chi connectivity index (χ0n) is 9.12. The molecule has 3 fully saturated rings. The number of nitrogens with two attached hydrogens (primary N) is 1. The summed E-state index contributed by atoms with van der Waals surface area (Å²) in [6.07, 6.45) is 11.7. The van der Waals surface area contributed by atoms with Crippen molar-refractivity contribution in [3.63, 3.8) is 0 Å². The zero-order chi connectivity index (χ0) is 9.54. The summed E-state index contributed by atoms with van der Waals surface area (Å²) in [7, 11) is 0. The van der Waals surface area contributed by atoms with Gasteiger partial charge in [0, 0.05) is 6.04 Å². The minimum Gasteiger partial charge on any atom is -0.327 e. The molecular weight excluding hydrogens is 170 g/mol. The van der Waals surface area contributed by atoms with Crippen molar-refractivity contribution >= 4 is 0 Å². The molecule has 0 spiro atoms. The van der Waals surface area contributed by atoms with Gasteiger partial charge in [-0.2, -0.15) is 0 Å². The van der Waals surface area contributed by atoms with E-state index in [-0.39, 0.29) is 0 Å². The molecule has 0 aromatic carbocycles. The highest BCUT2D eigenvalue weighted by Crippen LogP contribution is 2.55. The normalized spacial score (nSPS) is 43.9. The number of hydrogen-bond acceptors (Lipinski definition) is 1. The lowest BCUT2D eigenvalue weighted by Gasteiger charge is -2.23. The Morgan fingerprint density at radius 1 is 1.00 bits per heavy atom. The summed E-state index contributed by atoms with van der Waals surface area (Å²) in [5, 5.41) is 0. The Morgan fingerprint density at radius 3 is 2.29 bits per heavy atom. The lowest BCUT2D eigenvalue weighted by atomic mass is 9.87. The average Bonchev–Trinajstić information content (AvgIpc) is 2.68. The van der Waals surface area contributed by atoms with Crippen LogP contribution in [-0.4, -0.2) is 6.04 Å². The molecule has 3 atom stereocenters. The first-order valence-electron chi connectivity index (χ1n) is 6.58. The summed E-state index contributed by atoms with van der Waals surface area (Å²) in [6, 6.07) is 0.547. The third kappa shape index (κ3) is 1.71. The Hall–Kier alpha value is -0.0400. The molecule has 0 radical (unpaired) electrons. The van der Waals surface area contributed by atoms with E-state index < -0.39 is 0 Å². The Balaban J connectivity index is 1.47. The molecule has 0 saturated heterocycles. The van der Waals surface area contributed by atoms with E-state index in [0.717, 1.165) is 23.7 Å². The van der Waals surface area contributed by atoms with E-state index in [1.165, 1.54) is 51.4 Å². The van der Waals surface area contributed by atoms with Gasteiger partial charge in [-0.15, -0.1) is 0 Å². The van der Waals surface area contributed by atoms with E-state index in [9.17, 15) is 0 Å². The lowest BCUT2D eigenvalue weighted by molar-refractivity contribution is 0.328. The minimum absolute atomic E-state index is 0.547. The van der Waals surface area contributed by atoms with E-state index in [4.69, 9.17) is 5.73 Å². The summed E-state index contributed by atoms with van der Waals surface area (Å²) in [6.45, 7) is 0. The van der Waals surface area contributed by atoms with Crippen LogP contribution in [0, 0.1) is 23.7 Å². The SMILES string of the molecule is NC(CC1CCCC1)C1CC2CC2C1. The van der Waals surface area contributed by atoms with Gasteiger partial charge in [0.05, 0.1) is 0 Å². The molecule has 0 bridgehead atoms. The van der Waals surface area contributed by atoms with Crippen LogP contribution >= 0.6 is 0 Å². The van der Waals surface area contributed by atoms with Crippen LogP contribution in [-0.2, 0) is 0 Å². The summed E-state index contributed by atoms with van der Waals surface area (Å²) in [5.74, 6) is 4.10. The number of fused-ring (bicyclic) bond motifs is 1. The highest BCUT2D eigenvalue weighted by molar-refractivity contribution is 4.98. The van der Waals surface area contributed by atoms with Gasteiger partial charge in [0.25, 0.3) is 0 Å². The molecule has 0 heterocycles. The molecule has 3 saturated carbocycles. The molecule has 0 aliphatic heterocycles. The van der Waals surface area contributed by atoms with Gasteiger partial charge >= 0.3 is 0 Å². The molecule has 2 N–H and O–H groups in total. The highest BCUT2D eigenvalue weighted by atomic mass is 14.7. The van der Waals surface area contributed by atoms with Crippen molar-refractivity contribution in [3.8, 4) is 0 Å². The predicted molar refractivity (Wildman–Crippen MR) is 58.9 cm³/mol. The van der Waals surface area contributed by atoms with Crippen LogP contribution in [0.5, 0.6) is 0 Å². The molecular formula is C13H23N. The standard InChI is InChI=1S/C13H23N/c14-13(5-9-3-1-2-4-9)12-7-10-6-11(10)8-12/h9-13H,1-8,14H2. The van der Waals surface area contributed by atoms with Crippen LogP contribution in [0.15, 0.2) is 0 Å². The maximum Gasteiger partial charge on any atom is 0.00700 e. The van der Waals surface area contributed by atoms with Gasteiger partial charge in [0.1, 0.15) is 0 Å². The summed E-state index contributed by atoms with van der Waals surface area (Å²) in [5.41, 5.74) is 6.34. The molecule has 1 heteroatoms. The van der Waals surface area contributed by atoms with Crippen molar-refractivity contribution < 1.29 is 0 Å². The van der Waals surface area contributed by atoms with Gasteiger partial charge < -0.3 is 5.73 Å². The smallest absolute Gasteiger partial charge is 0.00700 e. The minimum atomic E-state index is 0.547. The van der Waals surface area contributed by atoms with Gasteiger partial charge in [-0.3, -0.25) is 0 Å². The van der Waals surface area contributed by atoms with Gasteiger partial charge in [0.15, 0.2) is 0 Å². The van der Waals surface area contributed by atoms with Gasteiger partial charge in [-0.05, 0) is 49.4 Å². The van der Waals surface area contributed by atoms with Crippen LogP contribution in [0.3, 0.4) is 0 Å². The summed E-state index contributed by atoms with van der Waals surface area (Å²) < 4.78 is 0. The van der Waals surface area contributed by atoms with E-state index in [1.807, 2.05) is 0 Å². The second-order valence-electron chi connectivity index (χ2n) is 6.04. The fourth-order valence-electron chi connectivity index (χ4n) is 3.93. The van der Waals surface area contributed by atoms with Crippen LogP contribution in [0.25, 0.3) is 0 Å². The monoisotopic (exact) mass is 193 g/mol. The van der Waals surface area contributed by atoms with Crippen molar-refractivity contribution in [2.75, 3.05) is 0 Å². The maximum absolute atomic E-state index is 6.34. The van der Waals surface area contributed by atoms with E-state index in [0.29, 0.717) is 6.04 Å². The molecule has 3 aliphatic rings. The molecule has 0 amide bonds. The van der Waals surface area contributed by atoms with Gasteiger partial charge in [-0.25, -0.2) is 0 Å². The van der Waals surface area contributed by atoms with Crippen molar-refractivity contribution in [2.24, 2.45) is 29.4 Å². The fraction of sp³-hybridized carbons (Fsp3) is 1.00. The van der Waals surface area contributed by atoms with Gasteiger partial charge in [-0.1, -0.05) is 25.7 Å². The molecule has 3 unspecified atom stereocenters. The molecule has 14 heavy (non-hydrogen) atoms. The highest BCUT2D eigenvalue weighted by Gasteiger charge is 2.47. The number of hydrogen-bond donors (Lipinski definition) is 1. The van der Waals surface area contributed by atoms with E-state index in [1.54, 1.807) is 0 Å². The first-order valence-corrected chi connectivity index (χ1v) is 6.58. The lowest BCUT2D eigenvalue weighted by Crippen LogP contribution is -2.31. The third-order valence-electron chi connectivity index (χ3n) is 4.97. The maximum atomic E-state index is 6.34. The molecule has 0 aromatic heterocycles. The van der Waals surface area contributed by atoms with Crippen LogP contribution < -0.4 is 5.73 Å². The summed E-state index contributed by atoms with van der Waals surface area (Å²) in [4.78, 5) is 0. The Labute approximate surface area is 87.4 Å². The van der Waals surface area contributed by atoms with Gasteiger partial charge in [0.2, 0.25) is 0 Å². The topological polar surface area (TPSA) is 26.0 Å². The largest absolute Gasteiger partial charge is 0.327 e. The first kappa shape index (κ1) is 9.21. The van der Waals surface area contributed by atoms with Crippen molar-refractivity contribution in [2.45, 2.75) is 57.4 Å². The molecule has 80 valence electrons. The number of rotatable bonds is 3. The van der Waals surface area contributed by atoms with Crippen LogP contribution in [0.4, 0.5) is 0 Å². The molecule has 3 aliphatic carbocycles. The second-order valence-corrected chi connectivity index (χ2v) is 6.04. The van der Waals surface area contributed by atoms with Crippen molar-refractivity contribution in [3.05, 3.63) is 0 Å². The molecule has 0 aromatic rings. The molecule has 1 nitrogen and oxygen atoms in total.